The SMILES string of the molecule is CC1C=CCC(C(F)(F)F)(C(F)(F)F)O1. The fourth-order valence-corrected chi connectivity index (χ4v) is 1.36. The van der Waals surface area contributed by atoms with Crippen LogP contribution < -0.4 is 0 Å². The second-order valence-corrected chi connectivity index (χ2v) is 3.28. The second kappa shape index (κ2) is 3.40. The van der Waals surface area contributed by atoms with Gasteiger partial charge < -0.3 is 4.74 Å². The summed E-state index contributed by atoms with van der Waals surface area (Å²) in [7, 11) is 0. The predicted molar refractivity (Wildman–Crippen MR) is 39.1 cm³/mol. The van der Waals surface area contributed by atoms with E-state index in [9.17, 15) is 26.3 Å². The van der Waals surface area contributed by atoms with Crippen LogP contribution in [0.4, 0.5) is 26.3 Å². The minimum atomic E-state index is -5.47. The lowest BCUT2D eigenvalue weighted by Gasteiger charge is -2.39. The van der Waals surface area contributed by atoms with Crippen LogP contribution in [0.2, 0.25) is 0 Å². The molecule has 1 atom stereocenters. The maximum absolute atomic E-state index is 12.4. The molecule has 0 aliphatic carbocycles. The molecule has 1 unspecified atom stereocenters. The highest BCUT2D eigenvalue weighted by Gasteiger charge is 2.72. The molecule has 88 valence electrons. The van der Waals surface area contributed by atoms with Gasteiger partial charge in [-0.2, -0.15) is 26.3 Å². The minimum absolute atomic E-state index is 0.842. The van der Waals surface area contributed by atoms with Crippen LogP contribution in [0.15, 0.2) is 12.2 Å². The summed E-state index contributed by atoms with van der Waals surface area (Å²) in [6.45, 7) is 1.13. The van der Waals surface area contributed by atoms with Crippen molar-refractivity contribution in [3.63, 3.8) is 0 Å². The Bertz CT molecular complexity index is 249. The molecule has 0 aromatic rings. The van der Waals surface area contributed by atoms with Gasteiger partial charge in [0.15, 0.2) is 0 Å². The van der Waals surface area contributed by atoms with Gasteiger partial charge in [-0.3, -0.25) is 0 Å². The van der Waals surface area contributed by atoms with Gasteiger partial charge >= 0.3 is 12.4 Å². The summed E-state index contributed by atoms with van der Waals surface area (Å²) in [6.07, 6.45) is -11.4. The van der Waals surface area contributed by atoms with E-state index in [-0.39, 0.29) is 0 Å². The summed E-state index contributed by atoms with van der Waals surface area (Å²) in [5.41, 5.74) is -4.06. The molecule has 1 nitrogen and oxygen atoms in total. The number of hydrogen-bond acceptors (Lipinski definition) is 1. The van der Waals surface area contributed by atoms with Crippen LogP contribution in [0.3, 0.4) is 0 Å². The average molecular weight is 234 g/mol. The maximum Gasteiger partial charge on any atom is 0.426 e. The normalized spacial score (nSPS) is 26.7. The lowest BCUT2D eigenvalue weighted by atomic mass is 9.94. The fraction of sp³-hybridized carbons (Fsp3) is 0.750. The van der Waals surface area contributed by atoms with Crippen LogP contribution in [0.5, 0.6) is 0 Å². The van der Waals surface area contributed by atoms with E-state index in [0.717, 1.165) is 19.1 Å². The Morgan fingerprint density at radius 1 is 1.13 bits per heavy atom. The molecule has 0 N–H and O–H groups in total. The minimum Gasteiger partial charge on any atom is -0.351 e. The van der Waals surface area contributed by atoms with Crippen LogP contribution in [0.25, 0.3) is 0 Å². The van der Waals surface area contributed by atoms with E-state index in [1.165, 1.54) is 0 Å². The Kier molecular flexibility index (Phi) is 2.80. The summed E-state index contributed by atoms with van der Waals surface area (Å²) in [6, 6.07) is 0. The number of ether oxygens (including phenoxy) is 1. The number of alkyl halides is 6. The van der Waals surface area contributed by atoms with Gasteiger partial charge in [0.25, 0.3) is 5.60 Å². The zero-order valence-corrected chi connectivity index (χ0v) is 7.62. The lowest BCUT2D eigenvalue weighted by Crippen LogP contribution is -2.60. The highest BCUT2D eigenvalue weighted by Crippen LogP contribution is 2.50. The van der Waals surface area contributed by atoms with Crippen molar-refractivity contribution in [1.82, 2.24) is 0 Å². The Morgan fingerprint density at radius 3 is 1.87 bits per heavy atom. The summed E-state index contributed by atoms with van der Waals surface area (Å²) >= 11 is 0. The summed E-state index contributed by atoms with van der Waals surface area (Å²) in [4.78, 5) is 0. The fourth-order valence-electron chi connectivity index (χ4n) is 1.36. The molecule has 1 aliphatic rings. The first-order valence-corrected chi connectivity index (χ1v) is 4.08. The topological polar surface area (TPSA) is 9.23 Å². The number of halogens is 6. The van der Waals surface area contributed by atoms with Crippen molar-refractivity contribution >= 4 is 0 Å². The summed E-state index contributed by atoms with van der Waals surface area (Å²) < 4.78 is 78.4. The van der Waals surface area contributed by atoms with Crippen LogP contribution in [-0.4, -0.2) is 24.1 Å². The van der Waals surface area contributed by atoms with E-state index in [1.807, 2.05) is 0 Å². The van der Waals surface area contributed by atoms with Crippen molar-refractivity contribution < 1.29 is 31.1 Å². The first-order chi connectivity index (χ1) is 6.60. The molecule has 0 amide bonds. The molecular formula is C8H8F6O. The zero-order chi connectivity index (χ0) is 11.9. The van der Waals surface area contributed by atoms with E-state index in [1.54, 1.807) is 0 Å². The predicted octanol–water partition coefficient (Wildman–Crippen LogP) is 3.21. The largest absolute Gasteiger partial charge is 0.426 e. The van der Waals surface area contributed by atoms with Crippen LogP contribution in [0, 0.1) is 0 Å². The molecule has 0 radical (unpaired) electrons. The third-order valence-electron chi connectivity index (χ3n) is 2.12. The van der Waals surface area contributed by atoms with E-state index in [4.69, 9.17) is 0 Å². The van der Waals surface area contributed by atoms with E-state index in [0.29, 0.717) is 0 Å². The van der Waals surface area contributed by atoms with E-state index >= 15 is 0 Å². The quantitative estimate of drug-likeness (QED) is 0.462. The molecule has 0 aromatic heterocycles. The standard InChI is InChI=1S/C8H8F6O/c1-5-3-2-4-6(15-5,7(9,10)11)8(12,13)14/h2-3,5H,4H2,1H3. The molecule has 0 fully saturated rings. The molecule has 7 heteroatoms. The smallest absolute Gasteiger partial charge is 0.351 e. The summed E-state index contributed by atoms with van der Waals surface area (Å²) in [5.74, 6) is 0. The molecule has 1 rings (SSSR count). The first-order valence-electron chi connectivity index (χ1n) is 4.08. The van der Waals surface area contributed by atoms with Crippen molar-refractivity contribution in [3.8, 4) is 0 Å². The van der Waals surface area contributed by atoms with Gasteiger partial charge in [0.1, 0.15) is 0 Å². The zero-order valence-electron chi connectivity index (χ0n) is 7.62. The Labute approximate surface area is 81.7 Å². The van der Waals surface area contributed by atoms with Gasteiger partial charge in [-0.05, 0) is 6.92 Å². The van der Waals surface area contributed by atoms with Gasteiger partial charge in [0.05, 0.1) is 6.10 Å². The van der Waals surface area contributed by atoms with Crippen LogP contribution >= 0.6 is 0 Å². The van der Waals surface area contributed by atoms with Crippen LogP contribution in [-0.2, 0) is 4.74 Å². The average Bonchev–Trinajstić information content (AvgIpc) is 1.99. The van der Waals surface area contributed by atoms with Gasteiger partial charge in [0, 0.05) is 6.42 Å². The van der Waals surface area contributed by atoms with Crippen molar-refractivity contribution in [2.24, 2.45) is 0 Å². The van der Waals surface area contributed by atoms with E-state index < -0.39 is 30.5 Å². The van der Waals surface area contributed by atoms with Crippen LogP contribution in [0.1, 0.15) is 13.3 Å². The monoisotopic (exact) mass is 234 g/mol. The van der Waals surface area contributed by atoms with Gasteiger partial charge in [0.2, 0.25) is 0 Å². The highest BCUT2D eigenvalue weighted by molar-refractivity contribution is 5.08. The maximum atomic E-state index is 12.4. The van der Waals surface area contributed by atoms with Gasteiger partial charge in [-0.25, -0.2) is 0 Å². The first kappa shape index (κ1) is 12.4. The molecule has 0 aromatic carbocycles. The highest BCUT2D eigenvalue weighted by atomic mass is 19.4. The number of rotatable bonds is 0. The molecule has 0 spiro atoms. The third kappa shape index (κ3) is 1.97. The van der Waals surface area contributed by atoms with Crippen molar-refractivity contribution in [2.45, 2.75) is 37.4 Å². The molecule has 1 aliphatic heterocycles. The third-order valence-corrected chi connectivity index (χ3v) is 2.12. The second-order valence-electron chi connectivity index (χ2n) is 3.28. The molecule has 0 bridgehead atoms. The van der Waals surface area contributed by atoms with Crippen molar-refractivity contribution in [2.75, 3.05) is 0 Å². The summed E-state index contributed by atoms with van der Waals surface area (Å²) in [5, 5.41) is 0. The number of hydrogen-bond donors (Lipinski definition) is 0. The van der Waals surface area contributed by atoms with Gasteiger partial charge in [-0.1, -0.05) is 12.2 Å². The van der Waals surface area contributed by atoms with Crippen molar-refractivity contribution in [3.05, 3.63) is 12.2 Å². The Balaban J connectivity index is 3.15. The molecule has 15 heavy (non-hydrogen) atoms. The lowest BCUT2D eigenvalue weighted by molar-refractivity contribution is -0.387. The molecule has 1 heterocycles. The Morgan fingerprint density at radius 2 is 1.60 bits per heavy atom. The Hall–Kier alpha value is -0.720. The molecule has 0 saturated heterocycles. The molecule has 0 saturated carbocycles. The van der Waals surface area contributed by atoms with Gasteiger partial charge in [-0.15, -0.1) is 0 Å². The molecular weight excluding hydrogens is 226 g/mol. The van der Waals surface area contributed by atoms with E-state index in [2.05, 4.69) is 4.74 Å². The van der Waals surface area contributed by atoms with Crippen molar-refractivity contribution in [1.29, 1.82) is 0 Å².